The smallest absolute Gasteiger partial charge is 0.319 e. The number of hydrogen-bond donors (Lipinski definition) is 2. The van der Waals surface area contributed by atoms with Gasteiger partial charge in [-0.25, -0.2) is 4.79 Å². The number of hydrogen-bond acceptors (Lipinski definition) is 2. The van der Waals surface area contributed by atoms with Crippen molar-refractivity contribution in [3.8, 4) is 0 Å². The van der Waals surface area contributed by atoms with Gasteiger partial charge in [-0.1, -0.05) is 30.3 Å². The molecule has 1 aliphatic carbocycles. The lowest BCUT2D eigenvalue weighted by molar-refractivity contribution is 0.101. The monoisotopic (exact) mass is 308 g/mol. The molecule has 0 aromatic heterocycles. The van der Waals surface area contributed by atoms with Crippen LogP contribution in [-0.2, 0) is 0 Å². The summed E-state index contributed by atoms with van der Waals surface area (Å²) in [5.74, 6) is 0.530. The molecule has 1 unspecified atom stereocenters. The zero-order chi connectivity index (χ0) is 16.2. The van der Waals surface area contributed by atoms with Gasteiger partial charge in [0.25, 0.3) is 0 Å². The summed E-state index contributed by atoms with van der Waals surface area (Å²) >= 11 is 0. The Kier molecular flexibility index (Phi) is 4.42. The van der Waals surface area contributed by atoms with Crippen molar-refractivity contribution in [2.45, 2.75) is 25.8 Å². The van der Waals surface area contributed by atoms with Crippen molar-refractivity contribution in [1.29, 1.82) is 0 Å². The number of nitrogens with one attached hydrogen (secondary N) is 2. The maximum Gasteiger partial charge on any atom is 0.319 e. The van der Waals surface area contributed by atoms with Gasteiger partial charge in [0, 0.05) is 11.3 Å². The normalized spacial score (nSPS) is 14.8. The summed E-state index contributed by atoms with van der Waals surface area (Å²) in [6, 6.07) is 16.8. The van der Waals surface area contributed by atoms with Crippen LogP contribution in [0, 0.1) is 5.92 Å². The molecule has 0 bridgehead atoms. The first-order valence-electron chi connectivity index (χ1n) is 7.87. The molecule has 1 saturated carbocycles. The van der Waals surface area contributed by atoms with Crippen LogP contribution in [0.15, 0.2) is 54.6 Å². The first-order chi connectivity index (χ1) is 11.1. The molecular weight excluding hydrogens is 288 g/mol. The maximum absolute atomic E-state index is 12.3. The van der Waals surface area contributed by atoms with Crippen LogP contribution < -0.4 is 10.6 Å². The zero-order valence-electron chi connectivity index (χ0n) is 13.1. The molecule has 1 atom stereocenters. The molecule has 0 spiro atoms. The topological polar surface area (TPSA) is 58.2 Å². The van der Waals surface area contributed by atoms with E-state index in [9.17, 15) is 9.59 Å². The second-order valence-corrected chi connectivity index (χ2v) is 5.96. The minimum absolute atomic E-state index is 0.0128. The summed E-state index contributed by atoms with van der Waals surface area (Å²) in [6.07, 6.45) is 2.29. The van der Waals surface area contributed by atoms with E-state index in [0.717, 1.165) is 18.4 Å². The largest absolute Gasteiger partial charge is 0.331 e. The number of ketones is 1. The summed E-state index contributed by atoms with van der Waals surface area (Å²) in [4.78, 5) is 23.5. The molecule has 0 aliphatic heterocycles. The molecule has 23 heavy (non-hydrogen) atoms. The van der Waals surface area contributed by atoms with Crippen molar-refractivity contribution < 1.29 is 9.59 Å². The van der Waals surface area contributed by atoms with Gasteiger partial charge in [0.2, 0.25) is 0 Å². The molecule has 4 nitrogen and oxygen atoms in total. The molecule has 4 heteroatoms. The van der Waals surface area contributed by atoms with Gasteiger partial charge in [-0.05, 0) is 55.5 Å². The lowest BCUT2D eigenvalue weighted by Gasteiger charge is -2.19. The van der Waals surface area contributed by atoms with E-state index in [4.69, 9.17) is 0 Å². The van der Waals surface area contributed by atoms with Crippen molar-refractivity contribution in [1.82, 2.24) is 5.32 Å². The molecule has 0 radical (unpaired) electrons. The SMILES string of the molecule is CC(=O)c1ccc(NC(=O)NC(c2ccccc2)C2CC2)cc1. The van der Waals surface area contributed by atoms with Crippen LogP contribution in [0.5, 0.6) is 0 Å². The third-order valence-electron chi connectivity index (χ3n) is 4.09. The van der Waals surface area contributed by atoms with Crippen molar-refractivity contribution in [3.05, 3.63) is 65.7 Å². The molecule has 0 heterocycles. The van der Waals surface area contributed by atoms with Crippen molar-refractivity contribution in [3.63, 3.8) is 0 Å². The number of carbonyl (C=O) groups excluding carboxylic acids is 2. The summed E-state index contributed by atoms with van der Waals surface area (Å²) in [5.41, 5.74) is 2.45. The average Bonchev–Trinajstić information content (AvgIpc) is 3.39. The third kappa shape index (κ3) is 3.97. The Labute approximate surface area is 135 Å². The first kappa shape index (κ1) is 15.3. The Morgan fingerprint density at radius 3 is 2.22 bits per heavy atom. The Morgan fingerprint density at radius 1 is 1.00 bits per heavy atom. The van der Waals surface area contributed by atoms with E-state index in [1.165, 1.54) is 6.92 Å². The van der Waals surface area contributed by atoms with Gasteiger partial charge in [0.1, 0.15) is 0 Å². The predicted molar refractivity (Wildman–Crippen MR) is 90.5 cm³/mol. The molecule has 2 aromatic carbocycles. The number of Topliss-reactive ketones (excluding diaryl/α,β-unsaturated/α-hetero) is 1. The van der Waals surface area contributed by atoms with E-state index in [0.29, 0.717) is 17.2 Å². The predicted octanol–water partition coefficient (Wildman–Crippen LogP) is 4.16. The minimum Gasteiger partial charge on any atom is -0.331 e. The van der Waals surface area contributed by atoms with Crippen LogP contribution >= 0.6 is 0 Å². The minimum atomic E-state index is -0.221. The molecule has 0 saturated heterocycles. The molecule has 2 N–H and O–H groups in total. The lowest BCUT2D eigenvalue weighted by Crippen LogP contribution is -2.33. The van der Waals surface area contributed by atoms with Crippen molar-refractivity contribution >= 4 is 17.5 Å². The second-order valence-electron chi connectivity index (χ2n) is 5.96. The third-order valence-corrected chi connectivity index (χ3v) is 4.09. The fourth-order valence-electron chi connectivity index (χ4n) is 2.66. The van der Waals surface area contributed by atoms with E-state index < -0.39 is 0 Å². The molecular formula is C19H20N2O2. The van der Waals surface area contributed by atoms with E-state index >= 15 is 0 Å². The number of anilines is 1. The zero-order valence-corrected chi connectivity index (χ0v) is 13.1. The van der Waals surface area contributed by atoms with Crippen molar-refractivity contribution in [2.24, 2.45) is 5.92 Å². The van der Waals surface area contributed by atoms with E-state index in [-0.39, 0.29) is 17.9 Å². The summed E-state index contributed by atoms with van der Waals surface area (Å²) in [6.45, 7) is 1.52. The second kappa shape index (κ2) is 6.65. The summed E-state index contributed by atoms with van der Waals surface area (Å²) in [7, 11) is 0. The Balaban J connectivity index is 1.64. The number of rotatable bonds is 5. The highest BCUT2D eigenvalue weighted by atomic mass is 16.2. The average molecular weight is 308 g/mol. The van der Waals surface area contributed by atoms with Crippen LogP contribution in [0.3, 0.4) is 0 Å². The number of benzene rings is 2. The van der Waals surface area contributed by atoms with Crippen LogP contribution in [0.1, 0.15) is 41.7 Å². The highest BCUT2D eigenvalue weighted by Crippen LogP contribution is 2.40. The van der Waals surface area contributed by atoms with Crippen LogP contribution in [0.25, 0.3) is 0 Å². The maximum atomic E-state index is 12.3. The van der Waals surface area contributed by atoms with Crippen LogP contribution in [0.2, 0.25) is 0 Å². The summed E-state index contributed by atoms with van der Waals surface area (Å²) in [5, 5.41) is 5.89. The van der Waals surface area contributed by atoms with Gasteiger partial charge in [0.15, 0.2) is 5.78 Å². The standard InChI is InChI=1S/C19H20N2O2/c1-13(22)14-9-11-17(12-10-14)20-19(23)21-18(16-7-8-16)15-5-3-2-4-6-15/h2-6,9-12,16,18H,7-8H2,1H3,(H2,20,21,23). The number of urea groups is 1. The lowest BCUT2D eigenvalue weighted by atomic mass is 10.0. The van der Waals surface area contributed by atoms with Crippen LogP contribution in [-0.4, -0.2) is 11.8 Å². The van der Waals surface area contributed by atoms with Crippen molar-refractivity contribution in [2.75, 3.05) is 5.32 Å². The van der Waals surface area contributed by atoms with E-state index in [1.54, 1.807) is 24.3 Å². The van der Waals surface area contributed by atoms with E-state index in [2.05, 4.69) is 10.6 Å². The Bertz CT molecular complexity index is 691. The Morgan fingerprint density at radius 2 is 1.65 bits per heavy atom. The Hall–Kier alpha value is -2.62. The molecule has 1 aliphatic rings. The molecule has 2 aromatic rings. The van der Waals surface area contributed by atoms with Gasteiger partial charge < -0.3 is 10.6 Å². The quantitative estimate of drug-likeness (QED) is 0.815. The van der Waals surface area contributed by atoms with Gasteiger partial charge in [-0.2, -0.15) is 0 Å². The van der Waals surface area contributed by atoms with Gasteiger partial charge in [-0.3, -0.25) is 4.79 Å². The van der Waals surface area contributed by atoms with E-state index in [1.807, 2.05) is 30.3 Å². The molecule has 2 amide bonds. The fraction of sp³-hybridized carbons (Fsp3) is 0.263. The highest BCUT2D eigenvalue weighted by molar-refractivity contribution is 5.95. The summed E-state index contributed by atoms with van der Waals surface area (Å²) < 4.78 is 0. The molecule has 3 rings (SSSR count). The number of amides is 2. The first-order valence-corrected chi connectivity index (χ1v) is 7.87. The van der Waals surface area contributed by atoms with Crippen LogP contribution in [0.4, 0.5) is 10.5 Å². The van der Waals surface area contributed by atoms with Gasteiger partial charge >= 0.3 is 6.03 Å². The molecule has 118 valence electrons. The van der Waals surface area contributed by atoms with Gasteiger partial charge in [-0.15, -0.1) is 0 Å². The highest BCUT2D eigenvalue weighted by Gasteiger charge is 2.33. The fourth-order valence-corrected chi connectivity index (χ4v) is 2.66. The number of carbonyl (C=O) groups is 2. The molecule has 1 fully saturated rings. The van der Waals surface area contributed by atoms with Gasteiger partial charge in [0.05, 0.1) is 6.04 Å².